The van der Waals surface area contributed by atoms with E-state index in [4.69, 9.17) is 11.1 Å². The van der Waals surface area contributed by atoms with Crippen molar-refractivity contribution in [2.45, 2.75) is 33.1 Å². The Morgan fingerprint density at radius 2 is 1.86 bits per heavy atom. The van der Waals surface area contributed by atoms with E-state index in [1.807, 2.05) is 23.5 Å². The SMILES string of the molecule is CCCCc1cc2cc3sc(-c4ccnc(C(=N)C=C(C)N)c4)cc3cc2s1. The number of hydrogen-bond donors (Lipinski definition) is 2. The van der Waals surface area contributed by atoms with E-state index in [0.717, 1.165) is 5.56 Å². The van der Waals surface area contributed by atoms with Crippen LogP contribution in [-0.4, -0.2) is 10.7 Å². The highest BCUT2D eigenvalue weighted by Gasteiger charge is 2.10. The molecule has 0 unspecified atom stereocenters. The van der Waals surface area contributed by atoms with Crippen LogP contribution in [0.25, 0.3) is 30.6 Å². The average Bonchev–Trinajstić information content (AvgIpc) is 3.26. The summed E-state index contributed by atoms with van der Waals surface area (Å²) in [5.41, 5.74) is 8.38. The molecule has 0 amide bonds. The summed E-state index contributed by atoms with van der Waals surface area (Å²) in [6.45, 7) is 4.02. The van der Waals surface area contributed by atoms with Crippen molar-refractivity contribution in [1.29, 1.82) is 5.41 Å². The van der Waals surface area contributed by atoms with Crippen LogP contribution in [0.5, 0.6) is 0 Å². The van der Waals surface area contributed by atoms with E-state index in [-0.39, 0.29) is 0 Å². The van der Waals surface area contributed by atoms with Crippen LogP contribution in [0.3, 0.4) is 0 Å². The number of thiophene rings is 2. The van der Waals surface area contributed by atoms with Gasteiger partial charge in [-0.15, -0.1) is 22.7 Å². The maximum Gasteiger partial charge on any atom is 0.0886 e. The highest BCUT2D eigenvalue weighted by atomic mass is 32.1. The van der Waals surface area contributed by atoms with Crippen LogP contribution in [-0.2, 0) is 6.42 Å². The summed E-state index contributed by atoms with van der Waals surface area (Å²) in [4.78, 5) is 7.00. The lowest BCUT2D eigenvalue weighted by atomic mass is 10.1. The summed E-state index contributed by atoms with van der Waals surface area (Å²) in [7, 11) is 0. The van der Waals surface area contributed by atoms with Crippen LogP contribution in [0, 0.1) is 5.41 Å². The van der Waals surface area contributed by atoms with E-state index in [9.17, 15) is 0 Å². The number of pyridine rings is 1. The molecule has 0 aliphatic rings. The summed E-state index contributed by atoms with van der Waals surface area (Å²) in [6, 6.07) is 13.2. The molecule has 0 atom stereocenters. The van der Waals surface area contributed by atoms with E-state index in [1.165, 1.54) is 49.2 Å². The molecule has 3 N–H and O–H groups in total. The Morgan fingerprint density at radius 1 is 1.11 bits per heavy atom. The average molecular weight is 406 g/mol. The van der Waals surface area contributed by atoms with Crippen LogP contribution in [0.2, 0.25) is 0 Å². The molecular weight excluding hydrogens is 382 g/mol. The van der Waals surface area contributed by atoms with Crippen LogP contribution in [0.15, 0.2) is 54.4 Å². The molecule has 0 saturated heterocycles. The van der Waals surface area contributed by atoms with Gasteiger partial charge >= 0.3 is 0 Å². The monoisotopic (exact) mass is 405 g/mol. The van der Waals surface area contributed by atoms with Crippen LogP contribution in [0.4, 0.5) is 0 Å². The van der Waals surface area contributed by atoms with E-state index < -0.39 is 0 Å². The standard InChI is InChI=1S/C23H23N3S2/c1-3-4-5-18-9-16-11-23-17(13-22(16)27-18)12-21(28-23)15-6-7-26-20(10-15)19(25)8-14(2)24/h6-13,25H,3-5,24H2,1-2H3. The van der Waals surface area contributed by atoms with Crippen LogP contribution >= 0.6 is 22.7 Å². The van der Waals surface area contributed by atoms with Crippen molar-refractivity contribution in [1.82, 2.24) is 4.98 Å². The van der Waals surface area contributed by atoms with Gasteiger partial charge in [0, 0.05) is 31.0 Å². The number of hydrogen-bond acceptors (Lipinski definition) is 5. The molecule has 5 heteroatoms. The first-order chi connectivity index (χ1) is 13.5. The fourth-order valence-electron chi connectivity index (χ4n) is 3.28. The minimum atomic E-state index is 0.336. The first-order valence-corrected chi connectivity index (χ1v) is 11.1. The number of aryl methyl sites for hydroxylation is 1. The molecule has 0 bridgehead atoms. The summed E-state index contributed by atoms with van der Waals surface area (Å²) in [6.07, 6.45) is 7.07. The van der Waals surface area contributed by atoms with Gasteiger partial charge in [0.05, 0.1) is 11.4 Å². The van der Waals surface area contributed by atoms with Crippen molar-refractivity contribution in [2.75, 3.05) is 0 Å². The van der Waals surface area contributed by atoms with Crippen molar-refractivity contribution in [3.8, 4) is 10.4 Å². The van der Waals surface area contributed by atoms with Gasteiger partial charge in [0.1, 0.15) is 0 Å². The van der Waals surface area contributed by atoms with E-state index >= 15 is 0 Å². The third-order valence-corrected chi connectivity index (χ3v) is 6.98. The summed E-state index contributed by atoms with van der Waals surface area (Å²) < 4.78 is 2.66. The van der Waals surface area contributed by atoms with Gasteiger partial charge in [-0.3, -0.25) is 10.4 Å². The topological polar surface area (TPSA) is 62.8 Å². The molecule has 0 radical (unpaired) electrons. The molecule has 142 valence electrons. The zero-order chi connectivity index (χ0) is 19.7. The predicted molar refractivity (Wildman–Crippen MR) is 124 cm³/mol. The molecule has 0 fully saturated rings. The van der Waals surface area contributed by atoms with E-state index in [1.54, 1.807) is 30.5 Å². The Balaban J connectivity index is 1.70. The number of nitrogens with one attached hydrogen (secondary N) is 1. The molecule has 4 aromatic rings. The van der Waals surface area contributed by atoms with Crippen LogP contribution in [0.1, 0.15) is 37.3 Å². The highest BCUT2D eigenvalue weighted by molar-refractivity contribution is 7.23. The number of nitrogens with two attached hydrogens (primary N) is 1. The molecule has 0 aliphatic heterocycles. The number of benzene rings is 1. The fraction of sp³-hybridized carbons (Fsp3) is 0.217. The largest absolute Gasteiger partial charge is 0.402 e. The second-order valence-electron chi connectivity index (χ2n) is 7.09. The Labute approximate surface area is 173 Å². The molecule has 0 aliphatic carbocycles. The van der Waals surface area contributed by atoms with Gasteiger partial charge in [-0.25, -0.2) is 0 Å². The third-order valence-electron chi connectivity index (χ3n) is 4.68. The van der Waals surface area contributed by atoms with Gasteiger partial charge in [0.25, 0.3) is 0 Å². The Morgan fingerprint density at radius 3 is 2.61 bits per heavy atom. The minimum absolute atomic E-state index is 0.336. The molecule has 3 aromatic heterocycles. The molecule has 0 spiro atoms. The van der Waals surface area contributed by atoms with E-state index in [2.05, 4.69) is 36.2 Å². The lowest BCUT2D eigenvalue weighted by Gasteiger charge is -2.02. The van der Waals surface area contributed by atoms with Gasteiger partial charge in [0.2, 0.25) is 0 Å². The van der Waals surface area contributed by atoms with Gasteiger partial charge in [-0.05, 0) is 78.6 Å². The first-order valence-electron chi connectivity index (χ1n) is 9.48. The normalized spacial score (nSPS) is 12.1. The Hall–Kier alpha value is -2.50. The molecule has 0 saturated carbocycles. The quantitative estimate of drug-likeness (QED) is 0.348. The number of allylic oxidation sites excluding steroid dienone is 2. The molecule has 1 aromatic carbocycles. The van der Waals surface area contributed by atoms with Crippen molar-refractivity contribution in [2.24, 2.45) is 5.73 Å². The van der Waals surface area contributed by atoms with E-state index in [0.29, 0.717) is 17.1 Å². The number of fused-ring (bicyclic) bond motifs is 2. The maximum atomic E-state index is 8.16. The van der Waals surface area contributed by atoms with Crippen molar-refractivity contribution in [3.05, 3.63) is 64.9 Å². The predicted octanol–water partition coefficient (Wildman–Crippen LogP) is 6.75. The summed E-state index contributed by atoms with van der Waals surface area (Å²) in [5.74, 6) is 0. The van der Waals surface area contributed by atoms with Crippen molar-refractivity contribution >= 4 is 48.6 Å². The molecule has 3 heterocycles. The third kappa shape index (κ3) is 3.86. The molecule has 28 heavy (non-hydrogen) atoms. The maximum absolute atomic E-state index is 8.16. The minimum Gasteiger partial charge on any atom is -0.402 e. The fourth-order valence-corrected chi connectivity index (χ4v) is 5.50. The molecule has 3 nitrogen and oxygen atoms in total. The van der Waals surface area contributed by atoms with Gasteiger partial charge < -0.3 is 5.73 Å². The molecule has 4 rings (SSSR count). The summed E-state index contributed by atoms with van der Waals surface area (Å²) >= 11 is 3.71. The smallest absolute Gasteiger partial charge is 0.0886 e. The second-order valence-corrected chi connectivity index (χ2v) is 9.34. The van der Waals surface area contributed by atoms with Crippen molar-refractivity contribution < 1.29 is 0 Å². The zero-order valence-corrected chi connectivity index (χ0v) is 17.7. The zero-order valence-electron chi connectivity index (χ0n) is 16.1. The Kier molecular flexibility index (Phi) is 5.29. The number of aromatic nitrogens is 1. The number of unbranched alkanes of at least 4 members (excludes halogenated alkanes) is 1. The number of nitrogens with zero attached hydrogens (tertiary/aromatic N) is 1. The van der Waals surface area contributed by atoms with Crippen molar-refractivity contribution in [3.63, 3.8) is 0 Å². The Bertz CT molecular complexity index is 1140. The second kappa shape index (κ2) is 7.86. The number of rotatable bonds is 6. The lowest BCUT2D eigenvalue weighted by Crippen LogP contribution is -2.02. The first kappa shape index (κ1) is 18.8. The van der Waals surface area contributed by atoms with Gasteiger partial charge in [-0.2, -0.15) is 0 Å². The molecular formula is C23H23N3S2. The lowest BCUT2D eigenvalue weighted by molar-refractivity contribution is 0.804. The van der Waals surface area contributed by atoms with Gasteiger partial charge in [0.15, 0.2) is 0 Å². The van der Waals surface area contributed by atoms with Crippen LogP contribution < -0.4 is 5.73 Å². The van der Waals surface area contributed by atoms with Gasteiger partial charge in [-0.1, -0.05) is 13.3 Å². The highest BCUT2D eigenvalue weighted by Crippen LogP contribution is 2.38. The summed E-state index contributed by atoms with van der Waals surface area (Å²) in [5, 5.41) is 10.8.